The fourth-order valence-corrected chi connectivity index (χ4v) is 3.43. The maximum atomic E-state index is 12.8. The van der Waals surface area contributed by atoms with E-state index in [9.17, 15) is 9.59 Å². The summed E-state index contributed by atoms with van der Waals surface area (Å²) in [5.74, 6) is 0.0154. The molecule has 1 unspecified atom stereocenters. The van der Waals surface area contributed by atoms with Crippen molar-refractivity contribution >= 4 is 20.7 Å². The molecule has 0 aliphatic rings. The Balaban J connectivity index is 5.28. The van der Waals surface area contributed by atoms with Crippen LogP contribution >= 0.6 is 9.24 Å². The van der Waals surface area contributed by atoms with Crippen molar-refractivity contribution in [2.45, 2.75) is 81.7 Å². The molecule has 22 heavy (non-hydrogen) atoms. The van der Waals surface area contributed by atoms with Gasteiger partial charge >= 0.3 is 0 Å². The van der Waals surface area contributed by atoms with Crippen LogP contribution in [0, 0.1) is 21.7 Å². The van der Waals surface area contributed by atoms with Gasteiger partial charge < -0.3 is 5.32 Å². The van der Waals surface area contributed by atoms with Gasteiger partial charge in [-0.3, -0.25) is 9.59 Å². The lowest BCUT2D eigenvalue weighted by Gasteiger charge is -2.43. The molecule has 0 aromatic rings. The number of hydrogen-bond donors (Lipinski definition) is 1. The Kier molecular flexibility index (Phi) is 6.46. The van der Waals surface area contributed by atoms with Crippen LogP contribution in [0.3, 0.4) is 0 Å². The summed E-state index contributed by atoms with van der Waals surface area (Å²) in [5, 5.41) is 3.24. The Morgan fingerprint density at radius 3 is 1.45 bits per heavy atom. The molecule has 0 radical (unpaired) electrons. The van der Waals surface area contributed by atoms with E-state index < -0.39 is 10.8 Å². The van der Waals surface area contributed by atoms with Gasteiger partial charge in [-0.25, -0.2) is 0 Å². The van der Waals surface area contributed by atoms with Crippen LogP contribution in [0.2, 0.25) is 0 Å². The molecule has 0 rings (SSSR count). The van der Waals surface area contributed by atoms with Crippen LogP contribution in [0.1, 0.15) is 75.7 Å². The molecule has 1 atom stereocenters. The first-order valence-electron chi connectivity index (χ1n) is 8.02. The molecule has 0 aromatic heterocycles. The third-order valence-corrected chi connectivity index (χ3v) is 4.95. The van der Waals surface area contributed by atoms with E-state index in [0.29, 0.717) is 6.42 Å². The summed E-state index contributed by atoms with van der Waals surface area (Å²) in [6, 6.07) is 0.0570. The van der Waals surface area contributed by atoms with E-state index in [-0.39, 0.29) is 28.3 Å². The molecule has 0 saturated heterocycles. The SMILES string of the molecule is CC(C)(CC(C)(C)C(=O)NC(C(C)(C)C)C(C)(C)C)C(=O)P. The lowest BCUT2D eigenvalue weighted by Crippen LogP contribution is -2.55. The highest BCUT2D eigenvalue weighted by atomic mass is 31.0. The number of carbonyl (C=O) groups is 2. The fourth-order valence-electron chi connectivity index (χ4n) is 3.33. The zero-order chi connectivity index (χ0) is 18.1. The molecule has 130 valence electrons. The van der Waals surface area contributed by atoms with Crippen LogP contribution in [0.25, 0.3) is 0 Å². The molecule has 3 nitrogen and oxygen atoms in total. The van der Waals surface area contributed by atoms with Crippen molar-refractivity contribution in [3.8, 4) is 0 Å². The Morgan fingerprint density at radius 1 is 0.818 bits per heavy atom. The molecule has 0 bridgehead atoms. The van der Waals surface area contributed by atoms with E-state index in [1.54, 1.807) is 0 Å². The normalized spacial score (nSPS) is 14.2. The van der Waals surface area contributed by atoms with Crippen LogP contribution < -0.4 is 5.32 Å². The van der Waals surface area contributed by atoms with E-state index in [1.807, 2.05) is 27.7 Å². The first-order valence-corrected chi connectivity index (χ1v) is 8.60. The first kappa shape index (κ1) is 21.6. The summed E-state index contributed by atoms with van der Waals surface area (Å²) in [4.78, 5) is 24.6. The minimum Gasteiger partial charge on any atom is -0.352 e. The summed E-state index contributed by atoms with van der Waals surface area (Å²) in [5.41, 5.74) is -1.14. The highest BCUT2D eigenvalue weighted by Gasteiger charge is 2.41. The Labute approximate surface area is 139 Å². The minimum absolute atomic E-state index is 0.0154. The Morgan fingerprint density at radius 2 is 1.18 bits per heavy atom. The minimum atomic E-state index is -0.593. The first-order chi connectivity index (χ1) is 9.41. The van der Waals surface area contributed by atoms with Gasteiger partial charge in [0.15, 0.2) is 5.52 Å². The van der Waals surface area contributed by atoms with E-state index in [1.165, 1.54) is 0 Å². The van der Waals surface area contributed by atoms with Gasteiger partial charge in [0.1, 0.15) is 0 Å². The van der Waals surface area contributed by atoms with Crippen molar-refractivity contribution in [3.05, 3.63) is 0 Å². The predicted molar refractivity (Wildman–Crippen MR) is 97.7 cm³/mol. The summed E-state index contributed by atoms with van der Waals surface area (Å²) in [7, 11) is 2.24. The zero-order valence-corrected chi connectivity index (χ0v) is 17.3. The molecule has 0 saturated carbocycles. The highest BCUT2D eigenvalue weighted by Crippen LogP contribution is 2.38. The molecule has 0 aromatic carbocycles. The monoisotopic (exact) mass is 329 g/mol. The third-order valence-electron chi connectivity index (χ3n) is 4.17. The van der Waals surface area contributed by atoms with Gasteiger partial charge in [-0.2, -0.15) is 0 Å². The van der Waals surface area contributed by atoms with Crippen LogP contribution in [0.15, 0.2) is 0 Å². The van der Waals surface area contributed by atoms with Crippen molar-refractivity contribution < 1.29 is 9.59 Å². The molecule has 0 aliphatic heterocycles. The molecule has 0 spiro atoms. The molecule has 1 N–H and O–H groups in total. The lowest BCUT2D eigenvalue weighted by molar-refractivity contribution is -0.135. The molecule has 0 fully saturated rings. The van der Waals surface area contributed by atoms with Gasteiger partial charge in [0, 0.05) is 16.9 Å². The number of carbonyl (C=O) groups excluding carboxylic acids is 2. The number of rotatable bonds is 5. The van der Waals surface area contributed by atoms with Crippen LogP contribution in [0.4, 0.5) is 0 Å². The largest absolute Gasteiger partial charge is 0.352 e. The van der Waals surface area contributed by atoms with Gasteiger partial charge in [-0.15, -0.1) is 0 Å². The Bertz CT molecular complexity index is 411. The maximum Gasteiger partial charge on any atom is 0.225 e. The van der Waals surface area contributed by atoms with Crippen LogP contribution in [-0.2, 0) is 9.59 Å². The smallest absolute Gasteiger partial charge is 0.225 e. The zero-order valence-electron chi connectivity index (χ0n) is 16.2. The average Bonchev–Trinajstić information content (AvgIpc) is 2.20. The number of hydrogen-bond acceptors (Lipinski definition) is 2. The van der Waals surface area contributed by atoms with Gasteiger partial charge in [0.25, 0.3) is 0 Å². The van der Waals surface area contributed by atoms with Crippen molar-refractivity contribution in [1.29, 1.82) is 0 Å². The molecule has 4 heteroatoms. The second kappa shape index (κ2) is 6.59. The van der Waals surface area contributed by atoms with Crippen LogP contribution in [0.5, 0.6) is 0 Å². The third kappa shape index (κ3) is 5.99. The van der Waals surface area contributed by atoms with E-state index >= 15 is 0 Å². The Hall–Kier alpha value is -0.430. The van der Waals surface area contributed by atoms with Crippen molar-refractivity contribution in [2.75, 3.05) is 0 Å². The van der Waals surface area contributed by atoms with Gasteiger partial charge in [0.05, 0.1) is 0 Å². The maximum absolute atomic E-state index is 12.8. The molecule has 1 amide bonds. The van der Waals surface area contributed by atoms with Crippen molar-refractivity contribution in [2.24, 2.45) is 21.7 Å². The molecule has 0 heterocycles. The van der Waals surface area contributed by atoms with E-state index in [2.05, 4.69) is 56.1 Å². The quantitative estimate of drug-likeness (QED) is 0.760. The summed E-state index contributed by atoms with van der Waals surface area (Å²) in [6.45, 7) is 20.5. The van der Waals surface area contributed by atoms with E-state index in [0.717, 1.165) is 0 Å². The van der Waals surface area contributed by atoms with Crippen LogP contribution in [-0.4, -0.2) is 17.5 Å². The van der Waals surface area contributed by atoms with Gasteiger partial charge in [0.2, 0.25) is 5.91 Å². The second-order valence-electron chi connectivity index (χ2n) is 9.95. The fraction of sp³-hybridized carbons (Fsp3) is 0.889. The highest BCUT2D eigenvalue weighted by molar-refractivity contribution is 7.40. The number of amides is 1. The summed E-state index contributed by atoms with van der Waals surface area (Å²) >= 11 is 0. The summed E-state index contributed by atoms with van der Waals surface area (Å²) < 4.78 is 0. The average molecular weight is 329 g/mol. The molecular formula is C18H36NO2P. The van der Waals surface area contributed by atoms with Gasteiger partial charge in [-0.1, -0.05) is 78.5 Å². The van der Waals surface area contributed by atoms with Crippen molar-refractivity contribution in [3.63, 3.8) is 0 Å². The standard InChI is InChI=1S/C18H36NO2P/c1-15(2,3)12(16(4,5)6)19-13(20)17(7,8)11-18(9,10)14(21)22/h12H,11,22H2,1-10H3,(H,19,20). The van der Waals surface area contributed by atoms with Gasteiger partial charge in [-0.05, 0) is 17.3 Å². The summed E-state index contributed by atoms with van der Waals surface area (Å²) in [6.07, 6.45) is 0.523. The topological polar surface area (TPSA) is 46.2 Å². The molecule has 0 aliphatic carbocycles. The lowest BCUT2D eigenvalue weighted by atomic mass is 9.70. The number of nitrogens with one attached hydrogen (secondary N) is 1. The van der Waals surface area contributed by atoms with Crippen molar-refractivity contribution in [1.82, 2.24) is 5.32 Å². The molecular weight excluding hydrogens is 293 g/mol. The predicted octanol–water partition coefficient (Wildman–Crippen LogP) is 4.41. The second-order valence-corrected chi connectivity index (χ2v) is 10.5. The van der Waals surface area contributed by atoms with E-state index in [4.69, 9.17) is 0 Å².